The summed E-state index contributed by atoms with van der Waals surface area (Å²) in [5.74, 6) is -1.08. The third kappa shape index (κ3) is 621. The summed E-state index contributed by atoms with van der Waals surface area (Å²) in [6, 6.07) is 0. The van der Waals surface area contributed by atoms with Crippen LogP contribution in [0.2, 0.25) is 0 Å². The molecule has 0 rings (SSSR count). The van der Waals surface area contributed by atoms with Crippen molar-refractivity contribution in [2.24, 2.45) is 0 Å². The first kappa shape index (κ1) is 23.5. The second-order valence-corrected chi connectivity index (χ2v) is 0.492. The van der Waals surface area contributed by atoms with Crippen molar-refractivity contribution in [1.82, 2.24) is 0 Å². The summed E-state index contributed by atoms with van der Waals surface area (Å²) in [7, 11) is 0. The fourth-order valence-electron chi connectivity index (χ4n) is 0. The molecule has 46 valence electrons. The number of hydrogen-bond donors (Lipinski definition) is 0. The van der Waals surface area contributed by atoms with Gasteiger partial charge in [-0.3, -0.25) is 0 Å². The molecule has 0 saturated carbocycles. The number of carboxylic acid groups (broad SMARTS) is 1. The van der Waals surface area contributed by atoms with E-state index >= 15 is 0 Å². The molecule has 0 aliphatic carbocycles. The van der Waals surface area contributed by atoms with E-state index in [0.29, 0.717) is 0 Å². The van der Waals surface area contributed by atoms with Gasteiger partial charge < -0.3 is 33.8 Å². The minimum Gasteiger partial charge on any atom is -1.00 e. The van der Waals surface area contributed by atoms with Crippen LogP contribution in [0.1, 0.15) is 13.8 Å². The maximum absolute atomic E-state index is 8.89. The summed E-state index contributed by atoms with van der Waals surface area (Å²) in [6.07, 6.45) is 0. The summed E-state index contributed by atoms with van der Waals surface area (Å²) >= 11 is 0. The van der Waals surface area contributed by atoms with Gasteiger partial charge in [-0.1, -0.05) is 0 Å². The van der Waals surface area contributed by atoms with Gasteiger partial charge in [-0.05, 0) is 6.92 Å². The molecule has 0 saturated heterocycles. The Labute approximate surface area is 73.2 Å². The second kappa shape index (κ2) is 25.6. The molecule has 0 radical (unpaired) electrons. The molecule has 0 spiro atoms. The minimum atomic E-state index is -1.08. The standard InChI is InChI=1S/C2H4O2.C2H5.BrH.Zn/c1-2(3)4;1-2;;/h1H3,(H,3,4);1H2,2H3;1H;/q;-1;;+2/p-2. The fraction of sp³-hybridized carbons (Fsp3) is 0.500. The van der Waals surface area contributed by atoms with E-state index in [1.165, 1.54) is 0 Å². The number of aliphatic carboxylic acids is 1. The van der Waals surface area contributed by atoms with Crippen LogP contribution in [0, 0.1) is 6.92 Å². The van der Waals surface area contributed by atoms with Crippen LogP contribution in [0.3, 0.4) is 0 Å². The van der Waals surface area contributed by atoms with Gasteiger partial charge in [0.15, 0.2) is 0 Å². The van der Waals surface area contributed by atoms with E-state index < -0.39 is 5.97 Å². The van der Waals surface area contributed by atoms with Crippen LogP contribution in [0.15, 0.2) is 0 Å². The Morgan fingerprint density at radius 3 is 1.50 bits per heavy atom. The number of halogens is 1. The first-order chi connectivity index (χ1) is 2.73. The van der Waals surface area contributed by atoms with Crippen LogP contribution >= 0.6 is 0 Å². The molecular formula is C4H8BrO2Zn-. The third-order valence-electron chi connectivity index (χ3n) is 0. The molecular weight excluding hydrogens is 225 g/mol. The van der Waals surface area contributed by atoms with Gasteiger partial charge in [-0.25, -0.2) is 0 Å². The van der Waals surface area contributed by atoms with E-state index in [2.05, 4.69) is 6.92 Å². The molecule has 0 aromatic heterocycles. The first-order valence-corrected chi connectivity index (χ1v) is 1.62. The van der Waals surface area contributed by atoms with Gasteiger partial charge in [0.25, 0.3) is 0 Å². The number of carbonyl (C=O) groups is 1. The number of rotatable bonds is 0. The Morgan fingerprint density at radius 2 is 1.50 bits per heavy atom. The molecule has 0 heterocycles. The SMILES string of the molecule is CC(=O)[O-].[Br-].[CH2-]C.[Zn+2]. The summed E-state index contributed by atoms with van der Waals surface area (Å²) in [6.45, 7) is 5.97. The fourth-order valence-corrected chi connectivity index (χ4v) is 0. The van der Waals surface area contributed by atoms with Crippen molar-refractivity contribution in [3.05, 3.63) is 6.92 Å². The van der Waals surface area contributed by atoms with Crippen molar-refractivity contribution in [3.63, 3.8) is 0 Å². The smallest absolute Gasteiger partial charge is 1.00 e. The number of carboxylic acids is 1. The van der Waals surface area contributed by atoms with Gasteiger partial charge in [0.05, 0.1) is 0 Å². The molecule has 0 aromatic rings. The van der Waals surface area contributed by atoms with Gasteiger partial charge in [-0.15, -0.1) is 0 Å². The van der Waals surface area contributed by atoms with Crippen molar-refractivity contribution in [1.29, 1.82) is 0 Å². The Bertz CT molecular complexity index is 37.0. The molecule has 0 bridgehead atoms. The quantitative estimate of drug-likeness (QED) is 0.323. The molecule has 0 aliphatic rings. The van der Waals surface area contributed by atoms with Gasteiger partial charge in [0.1, 0.15) is 0 Å². The van der Waals surface area contributed by atoms with Gasteiger partial charge in [0, 0.05) is 5.97 Å². The van der Waals surface area contributed by atoms with Gasteiger partial charge in [0.2, 0.25) is 0 Å². The maximum Gasteiger partial charge on any atom is 2.00 e. The van der Waals surface area contributed by atoms with Crippen LogP contribution in [-0.2, 0) is 24.3 Å². The van der Waals surface area contributed by atoms with Crippen LogP contribution in [-0.4, -0.2) is 5.97 Å². The predicted molar refractivity (Wildman–Crippen MR) is 21.7 cm³/mol. The number of hydrogen-bond acceptors (Lipinski definition) is 2. The molecule has 0 fully saturated rings. The van der Waals surface area contributed by atoms with Crippen molar-refractivity contribution in [3.8, 4) is 0 Å². The molecule has 0 amide bonds. The maximum atomic E-state index is 8.89. The third-order valence-corrected chi connectivity index (χ3v) is 0. The van der Waals surface area contributed by atoms with Crippen LogP contribution < -0.4 is 22.1 Å². The predicted octanol–water partition coefficient (Wildman–Crippen LogP) is -3.40. The zero-order valence-electron chi connectivity index (χ0n) is 5.11. The van der Waals surface area contributed by atoms with E-state index in [-0.39, 0.29) is 36.5 Å². The van der Waals surface area contributed by atoms with E-state index in [4.69, 9.17) is 9.90 Å². The van der Waals surface area contributed by atoms with Crippen LogP contribution in [0.25, 0.3) is 0 Å². The summed E-state index contributed by atoms with van der Waals surface area (Å²) in [4.78, 5) is 8.89. The summed E-state index contributed by atoms with van der Waals surface area (Å²) in [5, 5.41) is 8.89. The molecule has 8 heavy (non-hydrogen) atoms. The Hall–Kier alpha value is 0.573. The first-order valence-electron chi connectivity index (χ1n) is 1.62. The minimum absolute atomic E-state index is 0. The van der Waals surface area contributed by atoms with E-state index in [0.717, 1.165) is 6.92 Å². The van der Waals surface area contributed by atoms with Crippen molar-refractivity contribution in [2.45, 2.75) is 13.8 Å². The molecule has 0 atom stereocenters. The van der Waals surface area contributed by atoms with Gasteiger partial charge in [-0.2, -0.15) is 6.92 Å². The van der Waals surface area contributed by atoms with Crippen molar-refractivity contribution < 1.29 is 46.4 Å². The van der Waals surface area contributed by atoms with Crippen molar-refractivity contribution >= 4 is 5.97 Å². The molecule has 2 nitrogen and oxygen atoms in total. The van der Waals surface area contributed by atoms with Crippen LogP contribution in [0.4, 0.5) is 0 Å². The molecule has 0 N–H and O–H groups in total. The topological polar surface area (TPSA) is 40.1 Å². The van der Waals surface area contributed by atoms with E-state index in [9.17, 15) is 0 Å². The zero-order chi connectivity index (χ0) is 5.58. The van der Waals surface area contributed by atoms with E-state index in [1.807, 2.05) is 0 Å². The zero-order valence-corrected chi connectivity index (χ0v) is 9.66. The average Bonchev–Trinajstić information content (AvgIpc) is 1.41. The largest absolute Gasteiger partial charge is 2.00 e. The Morgan fingerprint density at radius 1 is 1.50 bits per heavy atom. The summed E-state index contributed by atoms with van der Waals surface area (Å²) < 4.78 is 0. The Balaban J connectivity index is -0.0000000183. The number of carbonyl (C=O) groups excluding carboxylic acids is 1. The average molecular weight is 233 g/mol. The van der Waals surface area contributed by atoms with E-state index in [1.54, 1.807) is 6.92 Å². The normalized spacial score (nSPS) is 3.88. The molecule has 0 unspecified atom stereocenters. The monoisotopic (exact) mass is 231 g/mol. The molecule has 4 heteroatoms. The van der Waals surface area contributed by atoms with Crippen molar-refractivity contribution in [2.75, 3.05) is 0 Å². The molecule has 0 aliphatic heterocycles. The second-order valence-electron chi connectivity index (χ2n) is 0.492. The van der Waals surface area contributed by atoms with Gasteiger partial charge >= 0.3 is 19.5 Å². The van der Waals surface area contributed by atoms with Crippen LogP contribution in [0.5, 0.6) is 0 Å². The summed E-state index contributed by atoms with van der Waals surface area (Å²) in [5.41, 5.74) is 0. The Kier molecular flexibility index (Phi) is 75.3. The molecule has 0 aromatic carbocycles.